The van der Waals surface area contributed by atoms with Crippen LogP contribution in [0.2, 0.25) is 5.15 Å². The number of hydrogen-bond donors (Lipinski definition) is 0. The van der Waals surface area contributed by atoms with Crippen LogP contribution in [0.1, 0.15) is 24.1 Å². The number of nitrogens with zero attached hydrogens (tertiary/aromatic N) is 3. The molecule has 0 N–H and O–H groups in total. The maximum atomic E-state index is 12.9. The van der Waals surface area contributed by atoms with Crippen molar-refractivity contribution in [1.29, 1.82) is 0 Å². The Hall–Kier alpha value is -1.57. The summed E-state index contributed by atoms with van der Waals surface area (Å²) in [5.74, 6) is 0.818. The Balaban J connectivity index is 1.68. The Bertz CT molecular complexity index is 854. The second kappa shape index (κ2) is 6.97. The molecule has 2 aromatic rings. The van der Waals surface area contributed by atoms with Gasteiger partial charge in [-0.15, -0.1) is 0 Å². The second-order valence-electron chi connectivity index (χ2n) is 6.36. The third kappa shape index (κ3) is 3.68. The smallest absolute Gasteiger partial charge is 0.248 e. The van der Waals surface area contributed by atoms with E-state index in [1.54, 1.807) is 14.0 Å². The molecule has 0 saturated carbocycles. The standard InChI is InChI=1S/C17H22ClN3O3S/c1-12-4-6-14(7-5-12)24-15-8-10-21(11-9-15)25(22,23)16-13(2)19-20(3)17(16)18/h4-7,15H,8-11H2,1-3H3. The van der Waals surface area contributed by atoms with E-state index >= 15 is 0 Å². The number of hydrogen-bond acceptors (Lipinski definition) is 4. The number of rotatable bonds is 4. The lowest BCUT2D eigenvalue weighted by Gasteiger charge is -2.31. The molecule has 0 aliphatic carbocycles. The molecule has 25 heavy (non-hydrogen) atoms. The van der Waals surface area contributed by atoms with Gasteiger partial charge in [0.05, 0.1) is 5.69 Å². The predicted octanol–water partition coefficient (Wildman–Crippen LogP) is 2.92. The van der Waals surface area contributed by atoms with E-state index < -0.39 is 10.0 Å². The highest BCUT2D eigenvalue weighted by Crippen LogP contribution is 2.30. The van der Waals surface area contributed by atoms with Crippen LogP contribution in [-0.2, 0) is 17.1 Å². The van der Waals surface area contributed by atoms with Crippen LogP contribution >= 0.6 is 11.6 Å². The molecule has 1 aliphatic heterocycles. The number of aromatic nitrogens is 2. The summed E-state index contributed by atoms with van der Waals surface area (Å²) >= 11 is 6.14. The fraction of sp³-hybridized carbons (Fsp3) is 0.471. The van der Waals surface area contributed by atoms with Gasteiger partial charge in [-0.25, -0.2) is 8.42 Å². The molecule has 1 aromatic carbocycles. The highest BCUT2D eigenvalue weighted by molar-refractivity contribution is 7.89. The Morgan fingerprint density at radius 1 is 1.16 bits per heavy atom. The molecule has 3 rings (SSSR count). The zero-order chi connectivity index (χ0) is 18.2. The molecule has 2 heterocycles. The van der Waals surface area contributed by atoms with Crippen molar-refractivity contribution in [3.63, 3.8) is 0 Å². The van der Waals surface area contributed by atoms with E-state index in [1.165, 1.54) is 14.6 Å². The largest absolute Gasteiger partial charge is 0.490 e. The molecule has 8 heteroatoms. The Morgan fingerprint density at radius 3 is 2.28 bits per heavy atom. The van der Waals surface area contributed by atoms with Gasteiger partial charge in [0.25, 0.3) is 0 Å². The molecule has 1 aromatic heterocycles. The summed E-state index contributed by atoms with van der Waals surface area (Å²) in [6.07, 6.45) is 1.30. The van der Waals surface area contributed by atoms with Crippen LogP contribution in [0.25, 0.3) is 0 Å². The van der Waals surface area contributed by atoms with Gasteiger partial charge in [0, 0.05) is 20.1 Å². The van der Waals surface area contributed by atoms with Gasteiger partial charge in [-0.3, -0.25) is 4.68 Å². The maximum absolute atomic E-state index is 12.9. The summed E-state index contributed by atoms with van der Waals surface area (Å²) in [5, 5.41) is 4.25. The minimum Gasteiger partial charge on any atom is -0.490 e. The Kier molecular flexibility index (Phi) is 5.09. The van der Waals surface area contributed by atoms with Crippen molar-refractivity contribution in [2.45, 2.75) is 37.7 Å². The molecule has 6 nitrogen and oxygen atoms in total. The van der Waals surface area contributed by atoms with E-state index in [0.717, 1.165) is 5.75 Å². The lowest BCUT2D eigenvalue weighted by atomic mass is 10.1. The lowest BCUT2D eigenvalue weighted by Crippen LogP contribution is -2.41. The first-order valence-electron chi connectivity index (χ1n) is 8.21. The van der Waals surface area contributed by atoms with Gasteiger partial charge in [-0.05, 0) is 38.8 Å². The average molecular weight is 384 g/mol. The van der Waals surface area contributed by atoms with E-state index in [0.29, 0.717) is 31.6 Å². The molecule has 1 saturated heterocycles. The highest BCUT2D eigenvalue weighted by Gasteiger charge is 2.34. The average Bonchev–Trinajstić information content (AvgIpc) is 2.83. The number of halogens is 1. The molecule has 0 unspecified atom stereocenters. The van der Waals surface area contributed by atoms with Crippen LogP contribution in [-0.4, -0.2) is 41.7 Å². The van der Waals surface area contributed by atoms with Gasteiger partial charge < -0.3 is 4.74 Å². The minimum atomic E-state index is -3.64. The van der Waals surface area contributed by atoms with E-state index in [2.05, 4.69) is 5.10 Å². The topological polar surface area (TPSA) is 64.4 Å². The number of sulfonamides is 1. The third-order valence-corrected chi connectivity index (χ3v) is 7.02. The van der Waals surface area contributed by atoms with E-state index in [4.69, 9.17) is 16.3 Å². The van der Waals surface area contributed by atoms with Crippen molar-refractivity contribution in [2.75, 3.05) is 13.1 Å². The molecule has 1 aliphatic rings. The normalized spacial score (nSPS) is 17.0. The first kappa shape index (κ1) is 18.2. The zero-order valence-electron chi connectivity index (χ0n) is 14.6. The highest BCUT2D eigenvalue weighted by atomic mass is 35.5. The monoisotopic (exact) mass is 383 g/mol. The van der Waals surface area contributed by atoms with Crippen molar-refractivity contribution in [3.8, 4) is 5.75 Å². The quantitative estimate of drug-likeness (QED) is 0.814. The maximum Gasteiger partial charge on any atom is 0.248 e. The fourth-order valence-electron chi connectivity index (χ4n) is 3.03. The first-order valence-corrected chi connectivity index (χ1v) is 10.0. The van der Waals surface area contributed by atoms with Crippen LogP contribution < -0.4 is 4.74 Å². The summed E-state index contributed by atoms with van der Waals surface area (Å²) in [4.78, 5) is 0.106. The van der Waals surface area contributed by atoms with E-state index in [9.17, 15) is 8.42 Å². The van der Waals surface area contributed by atoms with Gasteiger partial charge >= 0.3 is 0 Å². The van der Waals surface area contributed by atoms with Crippen LogP contribution in [0, 0.1) is 13.8 Å². The third-order valence-electron chi connectivity index (χ3n) is 4.42. The SMILES string of the molecule is Cc1ccc(OC2CCN(S(=O)(=O)c3c(C)nn(C)c3Cl)CC2)cc1. The summed E-state index contributed by atoms with van der Waals surface area (Å²) < 4.78 is 34.6. The summed E-state index contributed by atoms with van der Waals surface area (Å²) in [6, 6.07) is 7.89. The molecule has 1 fully saturated rings. The summed E-state index contributed by atoms with van der Waals surface area (Å²) in [6.45, 7) is 4.50. The van der Waals surface area contributed by atoms with Crippen molar-refractivity contribution in [3.05, 3.63) is 40.7 Å². The van der Waals surface area contributed by atoms with Gasteiger partial charge in [-0.2, -0.15) is 9.40 Å². The summed E-state index contributed by atoms with van der Waals surface area (Å²) in [5.41, 5.74) is 1.60. The van der Waals surface area contributed by atoms with E-state index in [-0.39, 0.29) is 16.2 Å². The van der Waals surface area contributed by atoms with Crippen LogP contribution in [0.5, 0.6) is 5.75 Å². The number of aryl methyl sites for hydroxylation is 3. The van der Waals surface area contributed by atoms with E-state index in [1.807, 2.05) is 31.2 Å². The predicted molar refractivity (Wildman–Crippen MR) is 96.5 cm³/mol. The number of piperidine rings is 1. The molecule has 0 spiro atoms. The van der Waals surface area contributed by atoms with Gasteiger partial charge in [0.2, 0.25) is 10.0 Å². The van der Waals surface area contributed by atoms with Gasteiger partial charge in [0.15, 0.2) is 0 Å². The van der Waals surface area contributed by atoms with Crippen molar-refractivity contribution in [1.82, 2.24) is 14.1 Å². The molecule has 0 bridgehead atoms. The van der Waals surface area contributed by atoms with Gasteiger partial charge in [-0.1, -0.05) is 29.3 Å². The lowest BCUT2D eigenvalue weighted by molar-refractivity contribution is 0.135. The van der Waals surface area contributed by atoms with Crippen LogP contribution in [0.3, 0.4) is 0 Å². The van der Waals surface area contributed by atoms with Crippen molar-refractivity contribution in [2.24, 2.45) is 7.05 Å². The number of benzene rings is 1. The van der Waals surface area contributed by atoms with Crippen LogP contribution in [0.4, 0.5) is 0 Å². The molecule has 0 amide bonds. The molecular weight excluding hydrogens is 362 g/mol. The second-order valence-corrected chi connectivity index (χ2v) is 8.60. The molecular formula is C17H22ClN3O3S. The molecule has 0 radical (unpaired) electrons. The van der Waals surface area contributed by atoms with Crippen molar-refractivity contribution >= 4 is 21.6 Å². The number of ether oxygens (including phenoxy) is 1. The molecule has 0 atom stereocenters. The fourth-order valence-corrected chi connectivity index (χ4v) is 5.21. The minimum absolute atomic E-state index is 0.0135. The Morgan fingerprint density at radius 2 is 1.76 bits per heavy atom. The first-order chi connectivity index (χ1) is 11.8. The Labute approximate surface area is 153 Å². The van der Waals surface area contributed by atoms with Gasteiger partial charge in [0.1, 0.15) is 21.9 Å². The summed E-state index contributed by atoms with van der Waals surface area (Å²) in [7, 11) is -2.01. The zero-order valence-corrected chi connectivity index (χ0v) is 16.1. The van der Waals surface area contributed by atoms with Crippen molar-refractivity contribution < 1.29 is 13.2 Å². The van der Waals surface area contributed by atoms with Crippen LogP contribution in [0.15, 0.2) is 29.2 Å². The molecule has 136 valence electrons.